The molecular weight excluding hydrogens is 262 g/mol. The van der Waals surface area contributed by atoms with Crippen molar-refractivity contribution in [3.63, 3.8) is 0 Å². The molecule has 1 aromatic rings. The number of amides is 1. The van der Waals surface area contributed by atoms with Gasteiger partial charge in [-0.1, -0.05) is 36.2 Å². The van der Waals surface area contributed by atoms with Crippen LogP contribution in [0.5, 0.6) is 0 Å². The normalized spacial score (nSPS) is 28.4. The molecule has 1 aromatic carbocycles. The minimum absolute atomic E-state index is 0.0993. The van der Waals surface area contributed by atoms with E-state index in [0.717, 1.165) is 17.4 Å². The van der Waals surface area contributed by atoms with Crippen LogP contribution in [0.3, 0.4) is 0 Å². The van der Waals surface area contributed by atoms with Crippen molar-refractivity contribution in [2.24, 2.45) is 17.8 Å². The predicted molar refractivity (Wildman–Crippen MR) is 82.1 cm³/mol. The van der Waals surface area contributed by atoms with Crippen LogP contribution in [0.4, 0.5) is 0 Å². The Morgan fingerprint density at radius 3 is 2.43 bits per heavy atom. The number of hydrogen-bond acceptors (Lipinski definition) is 2. The molecule has 3 nitrogen and oxygen atoms in total. The fraction of sp³-hybridized carbons (Fsp3) is 0.556. The number of ketones is 1. The van der Waals surface area contributed by atoms with Gasteiger partial charge in [0.25, 0.3) is 5.91 Å². The van der Waals surface area contributed by atoms with Crippen molar-refractivity contribution in [1.29, 1.82) is 0 Å². The smallest absolute Gasteiger partial charge is 0.292 e. The molecule has 2 aliphatic carbocycles. The molecule has 1 amide bonds. The topological polar surface area (TPSA) is 46.2 Å². The summed E-state index contributed by atoms with van der Waals surface area (Å²) in [5, 5.41) is 2.93. The summed E-state index contributed by atoms with van der Waals surface area (Å²) in [6.07, 6.45) is 5.17. The lowest BCUT2D eigenvalue weighted by molar-refractivity contribution is -0.118. The van der Waals surface area contributed by atoms with E-state index in [0.29, 0.717) is 11.5 Å². The monoisotopic (exact) mass is 285 g/mol. The molecule has 0 spiro atoms. The first-order valence-corrected chi connectivity index (χ1v) is 7.96. The Labute approximate surface area is 126 Å². The van der Waals surface area contributed by atoms with E-state index in [1.165, 1.54) is 25.7 Å². The average molecular weight is 285 g/mol. The molecular formula is C18H23NO2. The van der Waals surface area contributed by atoms with Gasteiger partial charge in [0.1, 0.15) is 0 Å². The number of rotatable bonds is 4. The van der Waals surface area contributed by atoms with E-state index in [4.69, 9.17) is 0 Å². The Bertz CT molecular complexity index is 549. The van der Waals surface area contributed by atoms with E-state index in [-0.39, 0.29) is 6.04 Å². The van der Waals surface area contributed by atoms with Gasteiger partial charge in [0, 0.05) is 11.6 Å². The molecule has 3 heteroatoms. The molecule has 112 valence electrons. The predicted octanol–water partition coefficient (Wildman–Crippen LogP) is 3.12. The van der Waals surface area contributed by atoms with Gasteiger partial charge in [0.05, 0.1) is 0 Å². The van der Waals surface area contributed by atoms with Crippen molar-refractivity contribution in [1.82, 2.24) is 5.32 Å². The van der Waals surface area contributed by atoms with Crippen molar-refractivity contribution >= 4 is 11.7 Å². The minimum Gasteiger partial charge on any atom is -0.346 e. The molecule has 21 heavy (non-hydrogen) atoms. The highest BCUT2D eigenvalue weighted by Crippen LogP contribution is 2.49. The first-order valence-electron chi connectivity index (χ1n) is 7.96. The molecule has 0 heterocycles. The van der Waals surface area contributed by atoms with Gasteiger partial charge in [-0.15, -0.1) is 0 Å². The van der Waals surface area contributed by atoms with Crippen molar-refractivity contribution in [2.75, 3.05) is 0 Å². The Hall–Kier alpha value is -1.64. The summed E-state index contributed by atoms with van der Waals surface area (Å²) in [5.41, 5.74) is 1.56. The number of nitrogens with one attached hydrogen (secondary N) is 1. The second kappa shape index (κ2) is 5.63. The van der Waals surface area contributed by atoms with Gasteiger partial charge in [0.15, 0.2) is 0 Å². The SMILES string of the molecule is Cc1ccc(C(=O)C(=O)NC(C)C2CC3CCC2C3)cc1. The van der Waals surface area contributed by atoms with E-state index in [9.17, 15) is 9.59 Å². The third-order valence-electron chi connectivity index (χ3n) is 5.31. The fourth-order valence-electron chi connectivity index (χ4n) is 4.12. The van der Waals surface area contributed by atoms with Crippen LogP contribution < -0.4 is 5.32 Å². The Morgan fingerprint density at radius 1 is 1.14 bits per heavy atom. The molecule has 0 aromatic heterocycles. The Kier molecular flexibility index (Phi) is 3.83. The molecule has 1 N–H and O–H groups in total. The van der Waals surface area contributed by atoms with E-state index in [2.05, 4.69) is 5.32 Å². The summed E-state index contributed by atoms with van der Waals surface area (Å²) in [4.78, 5) is 24.3. The molecule has 2 saturated carbocycles. The molecule has 0 aliphatic heterocycles. The molecule has 2 bridgehead atoms. The zero-order valence-electron chi connectivity index (χ0n) is 12.8. The second-order valence-corrected chi connectivity index (χ2v) is 6.80. The maximum absolute atomic E-state index is 12.2. The summed E-state index contributed by atoms with van der Waals surface area (Å²) in [5.74, 6) is 1.27. The highest BCUT2D eigenvalue weighted by atomic mass is 16.2. The van der Waals surface area contributed by atoms with Crippen LogP contribution in [0.1, 0.15) is 48.5 Å². The van der Waals surface area contributed by atoms with Crippen LogP contribution >= 0.6 is 0 Å². The number of carbonyl (C=O) groups is 2. The third kappa shape index (κ3) is 2.87. The van der Waals surface area contributed by atoms with E-state index < -0.39 is 11.7 Å². The summed E-state index contributed by atoms with van der Waals surface area (Å²) in [7, 11) is 0. The summed E-state index contributed by atoms with van der Waals surface area (Å²) >= 11 is 0. The Morgan fingerprint density at radius 2 is 1.86 bits per heavy atom. The third-order valence-corrected chi connectivity index (χ3v) is 5.31. The van der Waals surface area contributed by atoms with E-state index in [1.807, 2.05) is 26.0 Å². The quantitative estimate of drug-likeness (QED) is 0.682. The molecule has 2 aliphatic rings. The number of Topliss-reactive ketones (excluding diaryl/α,β-unsaturated/α-hetero) is 1. The number of aryl methyl sites for hydroxylation is 1. The van der Waals surface area contributed by atoms with Crippen LogP contribution in [-0.4, -0.2) is 17.7 Å². The highest BCUT2D eigenvalue weighted by Gasteiger charge is 2.42. The maximum Gasteiger partial charge on any atom is 0.292 e. The molecule has 2 fully saturated rings. The second-order valence-electron chi connectivity index (χ2n) is 6.80. The van der Waals surface area contributed by atoms with Gasteiger partial charge in [0.2, 0.25) is 5.78 Å². The van der Waals surface area contributed by atoms with Crippen LogP contribution in [-0.2, 0) is 4.79 Å². The fourth-order valence-corrected chi connectivity index (χ4v) is 4.12. The molecule has 4 unspecified atom stereocenters. The van der Waals surface area contributed by atoms with Gasteiger partial charge < -0.3 is 5.32 Å². The van der Waals surface area contributed by atoms with Gasteiger partial charge >= 0.3 is 0 Å². The van der Waals surface area contributed by atoms with Crippen molar-refractivity contribution in [2.45, 2.75) is 45.6 Å². The molecule has 4 atom stereocenters. The van der Waals surface area contributed by atoms with Crippen LogP contribution in [0.2, 0.25) is 0 Å². The first-order chi connectivity index (χ1) is 10.0. The molecule has 3 rings (SSSR count). The minimum atomic E-state index is -0.464. The number of benzene rings is 1. The Balaban J connectivity index is 1.60. The lowest BCUT2D eigenvalue weighted by Crippen LogP contribution is -2.43. The first kappa shape index (κ1) is 14.3. The maximum atomic E-state index is 12.2. The number of fused-ring (bicyclic) bond motifs is 2. The summed E-state index contributed by atoms with van der Waals surface area (Å²) < 4.78 is 0. The number of carbonyl (C=O) groups excluding carboxylic acids is 2. The van der Waals surface area contributed by atoms with E-state index >= 15 is 0 Å². The van der Waals surface area contributed by atoms with Crippen LogP contribution in [0.15, 0.2) is 24.3 Å². The van der Waals surface area contributed by atoms with Crippen molar-refractivity contribution < 1.29 is 9.59 Å². The standard InChI is InChI=1S/C18H23NO2/c1-11-3-6-14(7-4-11)17(20)18(21)19-12(2)16-10-13-5-8-15(16)9-13/h3-4,6-7,12-13,15-16H,5,8-10H2,1-2H3,(H,19,21). The summed E-state index contributed by atoms with van der Waals surface area (Å²) in [6.45, 7) is 4.01. The zero-order valence-corrected chi connectivity index (χ0v) is 12.8. The molecule has 0 saturated heterocycles. The largest absolute Gasteiger partial charge is 0.346 e. The van der Waals surface area contributed by atoms with Crippen LogP contribution in [0, 0.1) is 24.7 Å². The van der Waals surface area contributed by atoms with Gasteiger partial charge in [-0.2, -0.15) is 0 Å². The van der Waals surface area contributed by atoms with Gasteiger partial charge in [-0.3, -0.25) is 9.59 Å². The van der Waals surface area contributed by atoms with Gasteiger partial charge in [-0.25, -0.2) is 0 Å². The van der Waals surface area contributed by atoms with Crippen molar-refractivity contribution in [3.8, 4) is 0 Å². The van der Waals surface area contributed by atoms with Gasteiger partial charge in [-0.05, 0) is 50.9 Å². The van der Waals surface area contributed by atoms with Crippen molar-refractivity contribution in [3.05, 3.63) is 35.4 Å². The lowest BCUT2D eigenvalue weighted by atomic mass is 9.84. The number of hydrogen-bond donors (Lipinski definition) is 1. The van der Waals surface area contributed by atoms with E-state index in [1.54, 1.807) is 12.1 Å². The average Bonchev–Trinajstić information content (AvgIpc) is 3.10. The molecule has 0 radical (unpaired) electrons. The lowest BCUT2D eigenvalue weighted by Gasteiger charge is -2.28. The van der Waals surface area contributed by atoms with Crippen LogP contribution in [0.25, 0.3) is 0 Å². The highest BCUT2D eigenvalue weighted by molar-refractivity contribution is 6.42. The summed E-state index contributed by atoms with van der Waals surface area (Å²) in [6, 6.07) is 7.26. The zero-order chi connectivity index (χ0) is 15.0.